The van der Waals surface area contributed by atoms with Gasteiger partial charge in [0.2, 0.25) is 0 Å². The van der Waals surface area contributed by atoms with E-state index in [4.69, 9.17) is 4.74 Å². The van der Waals surface area contributed by atoms with Gasteiger partial charge in [0.25, 0.3) is 0 Å². The molecule has 1 aliphatic carbocycles. The molecule has 1 aliphatic heterocycles. The van der Waals surface area contributed by atoms with E-state index in [1.165, 1.54) is 41.7 Å². The topological polar surface area (TPSA) is 55.3 Å². The monoisotopic (exact) mass is 353 g/mol. The van der Waals surface area contributed by atoms with Gasteiger partial charge >= 0.3 is 12.3 Å². The SMILES string of the molecule is O=C(OC1(Cc2cnccn2)C=CC=CC1C(F)(F)F)N1CCCC1. The Balaban J connectivity index is 1.93. The Morgan fingerprint density at radius 1 is 1.28 bits per heavy atom. The van der Waals surface area contributed by atoms with Crippen LogP contribution in [0.4, 0.5) is 18.0 Å². The van der Waals surface area contributed by atoms with E-state index in [2.05, 4.69) is 9.97 Å². The third kappa shape index (κ3) is 3.83. The predicted octanol–water partition coefficient (Wildman–Crippen LogP) is 3.29. The van der Waals surface area contributed by atoms with Gasteiger partial charge in [-0.3, -0.25) is 9.97 Å². The van der Waals surface area contributed by atoms with Crippen molar-refractivity contribution in [1.29, 1.82) is 0 Å². The van der Waals surface area contributed by atoms with E-state index in [0.717, 1.165) is 18.9 Å². The fraction of sp³-hybridized carbons (Fsp3) is 0.471. The summed E-state index contributed by atoms with van der Waals surface area (Å²) in [5.41, 5.74) is -1.55. The number of rotatable bonds is 3. The number of alkyl halides is 3. The highest BCUT2D eigenvalue weighted by atomic mass is 19.4. The Hall–Kier alpha value is -2.38. The van der Waals surface area contributed by atoms with Gasteiger partial charge in [-0.15, -0.1) is 0 Å². The molecule has 0 spiro atoms. The average Bonchev–Trinajstić information content (AvgIpc) is 3.09. The van der Waals surface area contributed by atoms with E-state index in [1.54, 1.807) is 0 Å². The van der Waals surface area contributed by atoms with E-state index in [0.29, 0.717) is 18.8 Å². The van der Waals surface area contributed by atoms with Gasteiger partial charge in [-0.25, -0.2) is 4.79 Å². The molecule has 0 saturated carbocycles. The number of nitrogens with zero attached hydrogens (tertiary/aromatic N) is 3. The molecule has 0 N–H and O–H groups in total. The molecule has 3 rings (SSSR count). The highest BCUT2D eigenvalue weighted by Gasteiger charge is 2.55. The zero-order valence-electron chi connectivity index (χ0n) is 13.4. The fourth-order valence-electron chi connectivity index (χ4n) is 3.18. The third-order valence-corrected chi connectivity index (χ3v) is 4.39. The minimum absolute atomic E-state index is 0.203. The molecule has 25 heavy (non-hydrogen) atoms. The number of likely N-dealkylation sites (tertiary alicyclic amines) is 1. The molecule has 8 heteroatoms. The smallest absolute Gasteiger partial charge is 0.410 e. The van der Waals surface area contributed by atoms with Crippen LogP contribution in [0.3, 0.4) is 0 Å². The summed E-state index contributed by atoms with van der Waals surface area (Å²) in [7, 11) is 0. The largest absolute Gasteiger partial charge is 0.437 e. The van der Waals surface area contributed by atoms with Crippen molar-refractivity contribution in [2.45, 2.75) is 31.0 Å². The number of ether oxygens (including phenoxy) is 1. The lowest BCUT2D eigenvalue weighted by Crippen LogP contribution is -2.51. The second-order valence-corrected chi connectivity index (χ2v) is 6.15. The molecule has 1 fully saturated rings. The Bertz CT molecular complexity index is 669. The molecule has 5 nitrogen and oxygen atoms in total. The number of hydrogen-bond acceptors (Lipinski definition) is 4. The first kappa shape index (κ1) is 17.4. The van der Waals surface area contributed by atoms with Crippen molar-refractivity contribution in [2.24, 2.45) is 5.92 Å². The number of aromatic nitrogens is 2. The van der Waals surface area contributed by atoms with Crippen molar-refractivity contribution < 1.29 is 22.7 Å². The molecule has 134 valence electrons. The van der Waals surface area contributed by atoms with Crippen molar-refractivity contribution in [3.05, 3.63) is 48.6 Å². The number of halogens is 3. The first-order valence-electron chi connectivity index (χ1n) is 8.06. The first-order valence-corrected chi connectivity index (χ1v) is 8.06. The molecule has 0 bridgehead atoms. The van der Waals surface area contributed by atoms with Crippen LogP contribution in [0.2, 0.25) is 0 Å². The number of carbonyl (C=O) groups is 1. The van der Waals surface area contributed by atoms with Crippen molar-refractivity contribution in [3.8, 4) is 0 Å². The Labute approximate surface area is 143 Å². The van der Waals surface area contributed by atoms with Crippen LogP contribution in [0.1, 0.15) is 18.5 Å². The molecule has 0 aromatic carbocycles. The summed E-state index contributed by atoms with van der Waals surface area (Å²) in [5.74, 6) is -1.95. The number of allylic oxidation sites excluding steroid dienone is 2. The van der Waals surface area contributed by atoms with Crippen LogP contribution in [0.5, 0.6) is 0 Å². The molecule has 2 heterocycles. The molecule has 1 amide bonds. The van der Waals surface area contributed by atoms with Crippen LogP contribution in [0, 0.1) is 5.92 Å². The maximum absolute atomic E-state index is 13.6. The lowest BCUT2D eigenvalue weighted by molar-refractivity contribution is -0.201. The van der Waals surface area contributed by atoms with E-state index >= 15 is 0 Å². The molecule has 2 atom stereocenters. The van der Waals surface area contributed by atoms with Crippen LogP contribution in [0.25, 0.3) is 0 Å². The standard InChI is InChI=1S/C17H18F3N3O2/c18-17(19,20)14-5-1-2-6-16(14,11-13-12-21-7-8-22-13)25-15(24)23-9-3-4-10-23/h1-2,5-8,12,14H,3-4,9-11H2. The molecule has 2 unspecified atom stereocenters. The van der Waals surface area contributed by atoms with Crippen LogP contribution in [0.15, 0.2) is 42.9 Å². The maximum atomic E-state index is 13.6. The van der Waals surface area contributed by atoms with Crippen LogP contribution in [-0.4, -0.2) is 45.8 Å². The van der Waals surface area contributed by atoms with Gasteiger partial charge < -0.3 is 9.64 Å². The molecule has 0 radical (unpaired) electrons. The Kier molecular flexibility index (Phi) is 4.78. The Morgan fingerprint density at radius 2 is 2.04 bits per heavy atom. The predicted molar refractivity (Wildman–Crippen MR) is 83.6 cm³/mol. The fourth-order valence-corrected chi connectivity index (χ4v) is 3.18. The van der Waals surface area contributed by atoms with Crippen molar-refractivity contribution in [2.75, 3.05) is 13.1 Å². The van der Waals surface area contributed by atoms with Crippen molar-refractivity contribution in [1.82, 2.24) is 14.9 Å². The highest BCUT2D eigenvalue weighted by Crippen LogP contribution is 2.42. The van der Waals surface area contributed by atoms with E-state index < -0.39 is 23.8 Å². The molecule has 2 aliphatic rings. The summed E-state index contributed by atoms with van der Waals surface area (Å²) < 4.78 is 46.4. The van der Waals surface area contributed by atoms with Crippen LogP contribution < -0.4 is 0 Å². The molecular formula is C17H18F3N3O2. The number of hydrogen-bond donors (Lipinski definition) is 0. The highest BCUT2D eigenvalue weighted by molar-refractivity contribution is 5.69. The first-order chi connectivity index (χ1) is 11.9. The molecular weight excluding hydrogens is 335 g/mol. The molecule has 1 saturated heterocycles. The third-order valence-electron chi connectivity index (χ3n) is 4.39. The zero-order valence-corrected chi connectivity index (χ0v) is 13.4. The lowest BCUT2D eigenvalue weighted by atomic mass is 9.79. The lowest BCUT2D eigenvalue weighted by Gasteiger charge is -2.39. The van der Waals surface area contributed by atoms with Crippen LogP contribution in [-0.2, 0) is 11.2 Å². The summed E-state index contributed by atoms with van der Waals surface area (Å²) in [6, 6.07) is 0. The van der Waals surface area contributed by atoms with Gasteiger partial charge in [-0.05, 0) is 18.9 Å². The van der Waals surface area contributed by atoms with Gasteiger partial charge in [-0.1, -0.05) is 18.2 Å². The van der Waals surface area contributed by atoms with Crippen molar-refractivity contribution >= 4 is 6.09 Å². The normalized spacial score (nSPS) is 26.0. The van der Waals surface area contributed by atoms with E-state index in [1.807, 2.05) is 0 Å². The summed E-state index contributed by atoms with van der Waals surface area (Å²) in [6.45, 7) is 0.993. The van der Waals surface area contributed by atoms with Gasteiger partial charge in [0.05, 0.1) is 5.69 Å². The number of carbonyl (C=O) groups excluding carboxylic acids is 1. The minimum Gasteiger partial charge on any atom is -0.437 e. The van der Waals surface area contributed by atoms with Crippen LogP contribution >= 0.6 is 0 Å². The van der Waals surface area contributed by atoms with E-state index in [-0.39, 0.29) is 6.42 Å². The summed E-state index contributed by atoms with van der Waals surface area (Å²) >= 11 is 0. The summed E-state index contributed by atoms with van der Waals surface area (Å²) in [4.78, 5) is 21.8. The molecule has 1 aromatic heterocycles. The van der Waals surface area contributed by atoms with Gasteiger partial charge in [-0.2, -0.15) is 13.2 Å². The average molecular weight is 353 g/mol. The quantitative estimate of drug-likeness (QED) is 0.837. The molecule has 1 aromatic rings. The second kappa shape index (κ2) is 6.85. The number of amides is 1. The van der Waals surface area contributed by atoms with Gasteiger partial charge in [0, 0.05) is 38.1 Å². The van der Waals surface area contributed by atoms with Crippen molar-refractivity contribution in [3.63, 3.8) is 0 Å². The van der Waals surface area contributed by atoms with Gasteiger partial charge in [0.15, 0.2) is 5.60 Å². The summed E-state index contributed by atoms with van der Waals surface area (Å²) in [6.07, 6.45) is 5.48. The van der Waals surface area contributed by atoms with Gasteiger partial charge in [0.1, 0.15) is 5.92 Å². The maximum Gasteiger partial charge on any atom is 0.410 e. The Morgan fingerprint density at radius 3 is 2.68 bits per heavy atom. The second-order valence-electron chi connectivity index (χ2n) is 6.15. The van der Waals surface area contributed by atoms with E-state index in [9.17, 15) is 18.0 Å². The summed E-state index contributed by atoms with van der Waals surface area (Å²) in [5, 5.41) is 0. The minimum atomic E-state index is -4.56. The zero-order chi connectivity index (χ0) is 17.9.